The van der Waals surface area contributed by atoms with Gasteiger partial charge in [-0.1, -0.05) is 78.3 Å². The van der Waals surface area contributed by atoms with Crippen LogP contribution in [0.2, 0.25) is 0 Å². The molecular formula is C98H119FN12O20. The third-order valence-corrected chi connectivity index (χ3v) is 27.3. The zero-order valence-corrected chi connectivity index (χ0v) is 76.5. The maximum absolute atomic E-state index is 16.7. The summed E-state index contributed by atoms with van der Waals surface area (Å²) in [7, 11) is 3.68. The van der Waals surface area contributed by atoms with Crippen molar-refractivity contribution in [2.45, 2.75) is 227 Å². The number of ketones is 1. The van der Waals surface area contributed by atoms with Crippen LogP contribution in [0.25, 0.3) is 38.8 Å². The van der Waals surface area contributed by atoms with E-state index in [2.05, 4.69) is 62.2 Å². The van der Waals surface area contributed by atoms with Gasteiger partial charge in [-0.15, -0.1) is 0 Å². The number of halogens is 1. The highest BCUT2D eigenvalue weighted by atomic mass is 19.1. The Morgan fingerprint density at radius 2 is 1.56 bits per heavy atom. The quantitative estimate of drug-likeness (QED) is 0.00742. The number of anilines is 4. The highest BCUT2D eigenvalue weighted by Gasteiger charge is 2.56. The Hall–Kier alpha value is -12.5. The van der Waals surface area contributed by atoms with Crippen molar-refractivity contribution in [2.24, 2.45) is 41.2 Å². The Labute approximate surface area is 758 Å². The van der Waals surface area contributed by atoms with Gasteiger partial charge in [-0.2, -0.15) is 0 Å². The number of hydrogen-bond acceptors (Lipinski definition) is 23. The van der Waals surface area contributed by atoms with E-state index >= 15 is 14.0 Å². The average molecular weight is 1800 g/mol. The SMILES string of the molecule is CO[C@H]1/C=C/O[C@@]2(C)Oc3c(C)c(O)c4c(=O)c(c5oc6cc(N7CCC(N(C)C8([C@@H]9CCN(c%10c(F)cn%11c(=O)c(C(=O)O)cc(C%12CC%12)c%11c%10C)C9)CC8)CC7)cc(OCc7ccc(NC(=O)[C@H](CCCNC(N)=O)NC(=O)[C@@H](NC(=O)CCCCCN8C(=O)C=CC8=O)C(C)C)cc7)c6nc-5c4c3C2=O)NC(=O)/C(C)=C\C=C\[C@H](C)C[C@@H](C)C[C@@H](C)[C@H](OC(C)=O)[C@@H]1C. The summed E-state index contributed by atoms with van der Waals surface area (Å²) in [6.45, 7) is 21.6. The van der Waals surface area contributed by atoms with Gasteiger partial charge in [0.05, 0.1) is 40.7 Å². The highest BCUT2D eigenvalue weighted by Crippen LogP contribution is 2.55. The van der Waals surface area contributed by atoms with E-state index in [0.29, 0.717) is 98.4 Å². The number of aryl methyl sites for hydroxylation is 1. The Balaban J connectivity index is 0.787. The molecule has 698 valence electrons. The molecule has 0 spiro atoms. The summed E-state index contributed by atoms with van der Waals surface area (Å²) in [5.74, 6) is -9.90. The molecule has 2 saturated heterocycles. The molecule has 10 atom stereocenters. The molecule has 8 amide bonds. The molecule has 4 bridgehead atoms. The van der Waals surface area contributed by atoms with Crippen molar-refractivity contribution in [2.75, 3.05) is 73.9 Å². The molecule has 131 heavy (non-hydrogen) atoms. The standard InChI is InChI=1S/C98H119FN12O20/c1-51(2)79(104-73(113)22-15-14-16-38-110-74(114)29-30-75(110)115)93(121)103-69(21-18-37-101-96(100)125)92(120)102-63-27-23-60(24-28-63)50-127-71-45-65(108-40-32-64(33-41-108)107(12)98(35-36-98)62-31-39-109(48-62)84-57(8)83-66(61-25-26-61)47-67(95(123)124)94(122)111(83)49-68(84)99)46-72-80(71)105-81-76-77-85(116)58(9)88-78(76)90(118)97(11,131-88)128-42-34-70(126-13)56(7)87(129-59(10)112)55(6)44-53(4)43-52(3)19-17-20-54(5)91(119)106-82(86(77)117)89(81)130-72/h17,19-20,23-24,27-30,34,42,45-47,49,51-53,55-56,61-62,64,69-70,79,87,116H,14-16,18,21-22,25-26,31-33,35-41,43-44,48,50H2,1-13H3,(H,102,120)(H,103,121)(H,104,113)(H,106,119)(H,123,124)(H3,100,101,125)/b19-17+,42-34+,54-20-/t52-,53+,55+,56+,62+,69-,70-,79-,87-,97-/m0/s1. The number of aromatic nitrogens is 2. The van der Waals surface area contributed by atoms with Crippen LogP contribution in [-0.2, 0) is 54.4 Å². The number of carboxylic acids is 1. The van der Waals surface area contributed by atoms with Gasteiger partial charge in [0.2, 0.25) is 23.2 Å². The number of imide groups is 1. The molecule has 3 aromatic carbocycles. The molecule has 3 aliphatic carbocycles. The second-order valence-electron chi connectivity index (χ2n) is 37.2. The number of esters is 1. The number of nitrogens with one attached hydrogen (secondary N) is 5. The van der Waals surface area contributed by atoms with Crippen molar-refractivity contribution in [1.82, 2.24) is 35.1 Å². The number of unbranched alkanes of at least 4 members (excludes halogenated alkanes) is 2. The largest absolute Gasteiger partial charge is 0.507 e. The number of phenolic OH excluding ortho intramolecular Hbond substituents is 1. The van der Waals surface area contributed by atoms with E-state index in [1.807, 2.05) is 32.9 Å². The van der Waals surface area contributed by atoms with Crippen molar-refractivity contribution in [1.29, 1.82) is 0 Å². The van der Waals surface area contributed by atoms with Crippen LogP contribution in [0, 0.1) is 55.2 Å². The number of aromatic hydroxyl groups is 1. The first-order valence-electron chi connectivity index (χ1n) is 45.5. The first-order valence-corrected chi connectivity index (χ1v) is 45.5. The fourth-order valence-electron chi connectivity index (χ4n) is 20.0. The number of methoxy groups -OCH3 is 1. The lowest BCUT2D eigenvalue weighted by Crippen LogP contribution is -2.54. The summed E-state index contributed by atoms with van der Waals surface area (Å²) in [6, 6.07) is 8.87. The third kappa shape index (κ3) is 20.1. The number of aromatic carboxylic acids is 1. The normalized spacial score (nSPS) is 23.3. The van der Waals surface area contributed by atoms with E-state index < -0.39 is 135 Å². The number of carbonyl (C=O) groups is 10. The van der Waals surface area contributed by atoms with Gasteiger partial charge in [0.1, 0.15) is 58.8 Å². The second-order valence-corrected chi connectivity index (χ2v) is 37.2. The van der Waals surface area contributed by atoms with Crippen LogP contribution in [0.15, 0.2) is 111 Å². The Bertz CT molecular complexity index is 5880. The monoisotopic (exact) mass is 1800 g/mol. The minimum absolute atomic E-state index is 0.00709. The number of pyridine rings is 2. The van der Waals surface area contributed by atoms with Gasteiger partial charge >= 0.3 is 23.8 Å². The predicted octanol–water partition coefficient (Wildman–Crippen LogP) is 12.7. The van der Waals surface area contributed by atoms with Crippen molar-refractivity contribution in [3.63, 3.8) is 0 Å². The average Bonchev–Trinajstić information content (AvgIpc) is 1.60. The van der Waals surface area contributed by atoms with Gasteiger partial charge in [-0.05, 0) is 188 Å². The molecule has 0 unspecified atom stereocenters. The van der Waals surface area contributed by atoms with Gasteiger partial charge in [0, 0.05) is 136 Å². The summed E-state index contributed by atoms with van der Waals surface area (Å²) in [4.78, 5) is 176. The fraction of sp³-hybridized carbons (Fsp3) is 0.500. The number of ether oxygens (including phenoxy) is 5. The Kier molecular flexibility index (Phi) is 28.4. The van der Waals surface area contributed by atoms with Crippen LogP contribution in [0.3, 0.4) is 0 Å². The number of hydrogen-bond donors (Lipinski definition) is 8. The first kappa shape index (κ1) is 94.6. The first-order chi connectivity index (χ1) is 62.4. The number of Topliss-reactive ketones (excluding diaryl/α,β-unsaturated/α-hetero) is 1. The summed E-state index contributed by atoms with van der Waals surface area (Å²) >= 11 is 0. The fourth-order valence-corrected chi connectivity index (χ4v) is 20.0. The molecule has 5 aromatic rings. The molecule has 14 rings (SSSR count). The van der Waals surface area contributed by atoms with Gasteiger partial charge < -0.3 is 80.4 Å². The van der Waals surface area contributed by atoms with Crippen LogP contribution in [0.4, 0.5) is 31.9 Å². The molecule has 9 aliphatic rings. The highest BCUT2D eigenvalue weighted by molar-refractivity contribution is 6.23. The summed E-state index contributed by atoms with van der Waals surface area (Å²) in [6.07, 6.45) is 19.4. The summed E-state index contributed by atoms with van der Waals surface area (Å²) in [5, 5.41) is 35.8. The van der Waals surface area contributed by atoms with E-state index in [1.54, 1.807) is 69.3 Å². The van der Waals surface area contributed by atoms with Gasteiger partial charge in [-0.25, -0.2) is 19.0 Å². The van der Waals surface area contributed by atoms with E-state index in [1.165, 1.54) is 56.8 Å². The third-order valence-electron chi connectivity index (χ3n) is 27.3. The van der Waals surface area contributed by atoms with Gasteiger partial charge in [0.25, 0.3) is 29.1 Å². The smallest absolute Gasteiger partial charge is 0.341 e. The number of piperidine rings is 1. The summed E-state index contributed by atoms with van der Waals surface area (Å²) in [5.41, 5.74) is 6.57. The maximum atomic E-state index is 16.7. The van der Waals surface area contributed by atoms with E-state index in [9.17, 15) is 58.2 Å². The molecule has 0 radical (unpaired) electrons. The topological polar surface area (TPSA) is 421 Å². The van der Waals surface area contributed by atoms with Crippen molar-refractivity contribution < 1.29 is 90.7 Å². The van der Waals surface area contributed by atoms with Crippen LogP contribution in [0.5, 0.6) is 17.2 Å². The Morgan fingerprint density at radius 3 is 2.22 bits per heavy atom. The number of nitrogens with two attached hydrogens (primary N) is 1. The molecule has 2 saturated carbocycles. The maximum Gasteiger partial charge on any atom is 0.341 e. The molecule has 6 aliphatic heterocycles. The minimum atomic E-state index is -2.16. The number of rotatable bonds is 28. The van der Waals surface area contributed by atoms with Crippen LogP contribution >= 0.6 is 0 Å². The number of phenols is 1. The molecule has 8 heterocycles. The van der Waals surface area contributed by atoms with Crippen molar-refractivity contribution in [3.05, 3.63) is 157 Å². The lowest BCUT2D eigenvalue weighted by atomic mass is 9.82. The molecule has 32 nitrogen and oxygen atoms in total. The zero-order chi connectivity index (χ0) is 94.1. The number of primary amides is 1. The molecular weight excluding hydrogens is 1680 g/mol. The predicted molar refractivity (Wildman–Crippen MR) is 490 cm³/mol. The number of nitrogens with zero attached hydrogens (tertiary/aromatic N) is 6. The number of carboxylic acid groups (broad SMARTS) is 1. The van der Waals surface area contributed by atoms with Crippen LogP contribution < -0.4 is 62.6 Å². The van der Waals surface area contributed by atoms with E-state index in [-0.39, 0.29) is 142 Å². The second kappa shape index (κ2) is 39.3. The Morgan fingerprint density at radius 1 is 0.847 bits per heavy atom. The summed E-state index contributed by atoms with van der Waals surface area (Å²) < 4.78 is 56.8. The van der Waals surface area contributed by atoms with Crippen LogP contribution in [0.1, 0.15) is 208 Å². The number of amides is 8. The molecule has 2 aromatic heterocycles. The lowest BCUT2D eigenvalue weighted by Gasteiger charge is -2.43. The van der Waals surface area contributed by atoms with Crippen molar-refractivity contribution >= 4 is 109 Å². The number of allylic oxidation sites excluding steroid dienone is 3. The molecule has 9 N–H and O–H groups in total. The van der Waals surface area contributed by atoms with Crippen LogP contribution in [-0.4, -0.2) is 184 Å². The number of carbonyl (C=O) groups excluding carboxylic acids is 9. The van der Waals surface area contributed by atoms with Gasteiger partial charge in [0.15, 0.2) is 22.9 Å². The number of fused-ring (bicyclic) bond motifs is 3. The number of benzene rings is 4. The van der Waals surface area contributed by atoms with Crippen molar-refractivity contribution in [3.8, 4) is 28.7 Å². The zero-order valence-electron chi connectivity index (χ0n) is 76.5. The lowest BCUT2D eigenvalue weighted by molar-refractivity contribution is -0.155. The minimum Gasteiger partial charge on any atom is -0.507 e. The van der Waals surface area contributed by atoms with Gasteiger partial charge in [-0.3, -0.25) is 62.1 Å². The molecule has 33 heteroatoms. The van der Waals surface area contributed by atoms with E-state index in [0.717, 1.165) is 55.2 Å². The van der Waals surface area contributed by atoms with E-state index in [4.69, 9.17) is 38.8 Å². The molecule has 4 fully saturated rings. The number of urea groups is 1.